The molecular weight excluding hydrogens is 472 g/mol. The van der Waals surface area contributed by atoms with Crippen molar-refractivity contribution >= 4 is 11.8 Å². The molecule has 190 valence electrons. The van der Waals surface area contributed by atoms with E-state index in [1.54, 1.807) is 23.2 Å². The number of carboxylic acid groups (broad SMARTS) is 1. The Labute approximate surface area is 214 Å². The highest BCUT2D eigenvalue weighted by Gasteiger charge is 2.32. The Morgan fingerprint density at radius 2 is 2.08 bits per heavy atom. The number of aliphatic carboxylic acids is 1. The minimum absolute atomic E-state index is 0.0732. The van der Waals surface area contributed by atoms with E-state index >= 15 is 0 Å². The zero-order chi connectivity index (χ0) is 25.6. The number of allylic oxidation sites excluding steroid dienone is 1. The Morgan fingerprint density at radius 3 is 2.86 bits per heavy atom. The van der Waals surface area contributed by atoms with Gasteiger partial charge in [-0.3, -0.25) is 4.79 Å². The van der Waals surface area contributed by atoms with Crippen molar-refractivity contribution in [1.29, 1.82) is 0 Å². The number of aromatic nitrogens is 3. The summed E-state index contributed by atoms with van der Waals surface area (Å²) < 4.78 is 12.8. The van der Waals surface area contributed by atoms with Crippen LogP contribution in [0.5, 0.6) is 0 Å². The number of aliphatic hydroxyl groups excluding tert-OH is 1. The average Bonchev–Trinajstić information content (AvgIpc) is 3.60. The standard InChI is InChI=1S/C28H28N4O5/c33-24(23-10-8-20-7-4-12-29-28(20)31-23)11-9-22-15-32(17-30-22)27(25-16-36-18-37-25)21(14-26(34)35)13-19-5-2-1-3-6-19/h1-3,5-6,8,10,15-17,21,24,27,33H,4,7,12-14,18H2,(H,29,31)(H,34,35). The van der Waals surface area contributed by atoms with Crippen molar-refractivity contribution in [2.75, 3.05) is 18.7 Å². The minimum Gasteiger partial charge on any atom is -0.481 e. The van der Waals surface area contributed by atoms with Crippen LogP contribution in [0.1, 0.15) is 47.5 Å². The summed E-state index contributed by atoms with van der Waals surface area (Å²) in [5, 5.41) is 23.5. The molecule has 0 fully saturated rings. The molecule has 4 heterocycles. The summed E-state index contributed by atoms with van der Waals surface area (Å²) in [4.78, 5) is 20.7. The molecule has 9 nitrogen and oxygen atoms in total. The number of fused-ring (bicyclic) bond motifs is 1. The van der Waals surface area contributed by atoms with Crippen molar-refractivity contribution in [3.63, 3.8) is 0 Å². The van der Waals surface area contributed by atoms with Crippen LogP contribution >= 0.6 is 0 Å². The number of nitrogens with one attached hydrogen (secondary N) is 1. The number of anilines is 1. The van der Waals surface area contributed by atoms with Crippen LogP contribution in [0.3, 0.4) is 0 Å². The summed E-state index contributed by atoms with van der Waals surface area (Å²) in [6, 6.07) is 13.0. The molecule has 0 radical (unpaired) electrons. The van der Waals surface area contributed by atoms with E-state index < -0.39 is 18.1 Å². The van der Waals surface area contributed by atoms with E-state index in [1.807, 2.05) is 36.4 Å². The maximum Gasteiger partial charge on any atom is 0.303 e. The summed E-state index contributed by atoms with van der Waals surface area (Å²) in [5.41, 5.74) is 3.07. The van der Waals surface area contributed by atoms with Crippen molar-refractivity contribution in [3.8, 4) is 11.8 Å². The number of rotatable bonds is 8. The molecule has 1 aromatic carbocycles. The van der Waals surface area contributed by atoms with Gasteiger partial charge in [-0.1, -0.05) is 42.3 Å². The second kappa shape index (κ2) is 11.2. The third-order valence-corrected chi connectivity index (χ3v) is 6.46. The smallest absolute Gasteiger partial charge is 0.303 e. The predicted octanol–water partition coefficient (Wildman–Crippen LogP) is 3.44. The second-order valence-corrected chi connectivity index (χ2v) is 9.09. The van der Waals surface area contributed by atoms with Crippen molar-refractivity contribution < 1.29 is 24.5 Å². The Balaban J connectivity index is 1.39. The largest absolute Gasteiger partial charge is 0.481 e. The van der Waals surface area contributed by atoms with Gasteiger partial charge < -0.3 is 29.6 Å². The molecule has 2 aliphatic rings. The molecule has 3 unspecified atom stereocenters. The van der Waals surface area contributed by atoms with Crippen LogP contribution in [0.25, 0.3) is 0 Å². The Morgan fingerprint density at radius 1 is 1.22 bits per heavy atom. The molecule has 0 saturated heterocycles. The molecule has 3 aromatic rings. The first-order valence-corrected chi connectivity index (χ1v) is 12.2. The number of hydrogen-bond donors (Lipinski definition) is 3. The molecule has 0 aliphatic carbocycles. The lowest BCUT2D eigenvalue weighted by atomic mass is 9.88. The van der Waals surface area contributed by atoms with E-state index in [2.05, 4.69) is 27.1 Å². The number of aryl methyl sites for hydroxylation is 1. The summed E-state index contributed by atoms with van der Waals surface area (Å²) in [5.74, 6) is 5.83. The van der Waals surface area contributed by atoms with Gasteiger partial charge in [-0.15, -0.1) is 0 Å². The average molecular weight is 501 g/mol. The number of carboxylic acids is 1. The number of imidazole rings is 1. The molecule has 0 bridgehead atoms. The van der Waals surface area contributed by atoms with E-state index in [0.717, 1.165) is 36.3 Å². The normalized spacial score (nSPS) is 16.5. The van der Waals surface area contributed by atoms with Crippen molar-refractivity contribution in [1.82, 2.24) is 14.5 Å². The van der Waals surface area contributed by atoms with E-state index in [9.17, 15) is 15.0 Å². The molecule has 3 N–H and O–H groups in total. The van der Waals surface area contributed by atoms with Crippen LogP contribution < -0.4 is 5.32 Å². The van der Waals surface area contributed by atoms with Gasteiger partial charge in [0.2, 0.25) is 6.79 Å². The van der Waals surface area contributed by atoms with Gasteiger partial charge >= 0.3 is 5.97 Å². The van der Waals surface area contributed by atoms with E-state index in [4.69, 9.17) is 9.47 Å². The summed E-state index contributed by atoms with van der Waals surface area (Å²) in [6.45, 7) is 0.940. The molecule has 2 aromatic heterocycles. The van der Waals surface area contributed by atoms with E-state index in [-0.39, 0.29) is 19.1 Å². The summed E-state index contributed by atoms with van der Waals surface area (Å²) in [6.07, 6.45) is 6.27. The number of carbonyl (C=O) groups is 1. The number of benzene rings is 1. The van der Waals surface area contributed by atoms with Gasteiger partial charge in [-0.05, 0) is 42.4 Å². The Hall–Kier alpha value is -4.29. The van der Waals surface area contributed by atoms with Gasteiger partial charge in [0, 0.05) is 18.7 Å². The third kappa shape index (κ3) is 5.93. The SMILES string of the molecule is O=C(O)CC(Cc1ccccc1)C(C1=COCO1)n1cnc(C#CC(O)c2ccc3c(n2)NCCC3)c1. The van der Waals surface area contributed by atoms with Crippen LogP contribution in [-0.4, -0.2) is 44.1 Å². The number of hydrogen-bond acceptors (Lipinski definition) is 7. The predicted molar refractivity (Wildman–Crippen MR) is 135 cm³/mol. The Bertz CT molecular complexity index is 1340. The molecule has 2 aliphatic heterocycles. The van der Waals surface area contributed by atoms with Crippen LogP contribution in [0.2, 0.25) is 0 Å². The summed E-state index contributed by atoms with van der Waals surface area (Å²) >= 11 is 0. The van der Waals surface area contributed by atoms with Gasteiger partial charge in [0.25, 0.3) is 0 Å². The van der Waals surface area contributed by atoms with Crippen LogP contribution in [0.4, 0.5) is 5.82 Å². The molecule has 5 rings (SSSR count). The van der Waals surface area contributed by atoms with Crippen molar-refractivity contribution in [3.05, 3.63) is 89.5 Å². The lowest BCUT2D eigenvalue weighted by Crippen LogP contribution is -2.25. The van der Waals surface area contributed by atoms with Crippen LogP contribution in [0.15, 0.2) is 67.0 Å². The van der Waals surface area contributed by atoms with Crippen molar-refractivity contribution in [2.45, 2.75) is 37.8 Å². The molecule has 3 atom stereocenters. The van der Waals surface area contributed by atoms with Gasteiger partial charge in [0.05, 0.1) is 24.5 Å². The van der Waals surface area contributed by atoms with Gasteiger partial charge in [0.1, 0.15) is 17.8 Å². The minimum atomic E-state index is -1.07. The maximum absolute atomic E-state index is 11.8. The number of nitrogens with zero attached hydrogens (tertiary/aromatic N) is 3. The monoisotopic (exact) mass is 500 g/mol. The number of aliphatic hydroxyl groups is 1. The molecule has 37 heavy (non-hydrogen) atoms. The fourth-order valence-corrected chi connectivity index (χ4v) is 4.73. The molecule has 0 saturated carbocycles. The highest BCUT2D eigenvalue weighted by molar-refractivity contribution is 5.67. The third-order valence-electron chi connectivity index (χ3n) is 6.46. The molecule has 0 spiro atoms. The first-order valence-electron chi connectivity index (χ1n) is 12.2. The quantitative estimate of drug-likeness (QED) is 0.403. The second-order valence-electron chi connectivity index (χ2n) is 9.09. The highest BCUT2D eigenvalue weighted by Crippen LogP contribution is 2.34. The van der Waals surface area contributed by atoms with Gasteiger partial charge in [-0.25, -0.2) is 9.97 Å². The maximum atomic E-state index is 11.8. The van der Waals surface area contributed by atoms with E-state index in [1.165, 1.54) is 6.26 Å². The molecular formula is C28H28N4O5. The number of ether oxygens (including phenoxy) is 2. The lowest BCUT2D eigenvalue weighted by molar-refractivity contribution is -0.138. The fraction of sp³-hybridized carbons (Fsp3) is 0.321. The number of pyridine rings is 1. The van der Waals surface area contributed by atoms with Crippen LogP contribution in [-0.2, 0) is 27.1 Å². The van der Waals surface area contributed by atoms with Crippen molar-refractivity contribution in [2.24, 2.45) is 5.92 Å². The molecule has 9 heteroatoms. The Kier molecular flexibility index (Phi) is 7.38. The zero-order valence-corrected chi connectivity index (χ0v) is 20.2. The van der Waals surface area contributed by atoms with E-state index in [0.29, 0.717) is 23.6 Å². The first kappa shape index (κ1) is 24.4. The van der Waals surface area contributed by atoms with Crippen LogP contribution in [0, 0.1) is 17.8 Å². The zero-order valence-electron chi connectivity index (χ0n) is 20.2. The topological polar surface area (TPSA) is 119 Å². The highest BCUT2D eigenvalue weighted by atomic mass is 16.7. The first-order chi connectivity index (χ1) is 18.1. The fourth-order valence-electron chi connectivity index (χ4n) is 4.73. The van der Waals surface area contributed by atoms with Gasteiger partial charge in [0.15, 0.2) is 11.9 Å². The lowest BCUT2D eigenvalue weighted by Gasteiger charge is -2.27. The summed E-state index contributed by atoms with van der Waals surface area (Å²) in [7, 11) is 0. The van der Waals surface area contributed by atoms with Gasteiger partial charge in [-0.2, -0.15) is 0 Å². The molecule has 0 amide bonds.